The van der Waals surface area contributed by atoms with Gasteiger partial charge in [-0.25, -0.2) is 0 Å². The summed E-state index contributed by atoms with van der Waals surface area (Å²) in [4.78, 5) is 21.6. The van der Waals surface area contributed by atoms with E-state index >= 15 is 0 Å². The number of carbonyl (C=O) groups is 1. The average Bonchev–Trinajstić information content (AvgIpc) is 3.24. The van der Waals surface area contributed by atoms with E-state index in [1.54, 1.807) is 7.11 Å². The molecule has 1 amide bonds. The van der Waals surface area contributed by atoms with Crippen molar-refractivity contribution in [2.24, 2.45) is 5.73 Å². The van der Waals surface area contributed by atoms with Crippen LogP contribution >= 0.6 is 0 Å². The number of nitrogens with two attached hydrogens (primary N) is 1. The van der Waals surface area contributed by atoms with Crippen LogP contribution in [0.15, 0.2) is 61.2 Å². The number of amides is 1. The Hall–Kier alpha value is -4.24. The first-order chi connectivity index (χ1) is 20.4. The Morgan fingerprint density at radius 3 is 2.57 bits per heavy atom. The lowest BCUT2D eigenvalue weighted by atomic mass is 10.1. The summed E-state index contributed by atoms with van der Waals surface area (Å²) in [6, 6.07) is 16.2. The molecule has 9 nitrogen and oxygen atoms in total. The molecular weight excluding hydrogens is 528 g/mol. The molecule has 3 aromatic rings. The molecule has 3 heterocycles. The standard InChI is InChI=1S/C33H42N6O3/c1-4-32(40)36-28-22-26(12-10-23(28)2)42-33-29(39-17-6-5-7-18-39)14-15-31(37-33)35-27-13-11-25(21-30(27)41-3)38-19-8-9-24(34)16-20-38/h4,10-15,21-22,24H,1,5-9,16-20,34H2,2-3H3,(H,35,37)(H,36,40). The number of nitrogens with one attached hydrogen (secondary N) is 2. The highest BCUT2D eigenvalue weighted by Gasteiger charge is 2.20. The lowest BCUT2D eigenvalue weighted by Crippen LogP contribution is -2.29. The number of aromatic nitrogens is 1. The maximum absolute atomic E-state index is 12.0. The predicted molar refractivity (Wildman–Crippen MR) is 171 cm³/mol. The summed E-state index contributed by atoms with van der Waals surface area (Å²) < 4.78 is 12.2. The van der Waals surface area contributed by atoms with Crippen LogP contribution < -0.4 is 35.6 Å². The van der Waals surface area contributed by atoms with Crippen molar-refractivity contribution in [3.8, 4) is 17.4 Å². The van der Waals surface area contributed by atoms with Crippen molar-refractivity contribution in [1.82, 2.24) is 4.98 Å². The number of piperidine rings is 1. The Balaban J connectivity index is 1.42. The fourth-order valence-corrected chi connectivity index (χ4v) is 5.55. The first kappa shape index (κ1) is 29.3. The van der Waals surface area contributed by atoms with Crippen molar-refractivity contribution < 1.29 is 14.3 Å². The van der Waals surface area contributed by atoms with Crippen molar-refractivity contribution >= 4 is 34.5 Å². The second-order valence-corrected chi connectivity index (χ2v) is 11.0. The van der Waals surface area contributed by atoms with Gasteiger partial charge >= 0.3 is 0 Å². The molecule has 2 aliphatic heterocycles. The Labute approximate surface area is 248 Å². The van der Waals surface area contributed by atoms with Gasteiger partial charge in [0, 0.05) is 55.7 Å². The Kier molecular flexibility index (Phi) is 9.48. The number of aryl methyl sites for hydroxylation is 1. The second kappa shape index (κ2) is 13.6. The quantitative estimate of drug-likeness (QED) is 0.255. The minimum atomic E-state index is -0.270. The molecule has 0 aliphatic carbocycles. The van der Waals surface area contributed by atoms with E-state index < -0.39 is 0 Å². The fourth-order valence-electron chi connectivity index (χ4n) is 5.55. The highest BCUT2D eigenvalue weighted by Crippen LogP contribution is 2.37. The lowest BCUT2D eigenvalue weighted by molar-refractivity contribution is -0.111. The van der Waals surface area contributed by atoms with E-state index in [4.69, 9.17) is 20.2 Å². The molecule has 0 radical (unpaired) electrons. The first-order valence-electron chi connectivity index (χ1n) is 14.9. The van der Waals surface area contributed by atoms with Crippen molar-refractivity contribution in [1.29, 1.82) is 0 Å². The van der Waals surface area contributed by atoms with Crippen LogP contribution in [0.1, 0.15) is 44.1 Å². The Bertz CT molecular complexity index is 1400. The number of anilines is 5. The molecule has 1 aromatic heterocycles. The van der Waals surface area contributed by atoms with Gasteiger partial charge in [-0.1, -0.05) is 12.6 Å². The fraction of sp³-hybridized carbons (Fsp3) is 0.394. The van der Waals surface area contributed by atoms with Crippen LogP contribution in [0.5, 0.6) is 17.4 Å². The minimum Gasteiger partial charge on any atom is -0.494 e. The number of benzene rings is 2. The van der Waals surface area contributed by atoms with Crippen molar-refractivity contribution in [3.63, 3.8) is 0 Å². The molecule has 2 aliphatic rings. The molecule has 2 saturated heterocycles. The summed E-state index contributed by atoms with van der Waals surface area (Å²) in [6.45, 7) is 9.32. The van der Waals surface area contributed by atoms with Gasteiger partial charge in [0.2, 0.25) is 11.8 Å². The molecule has 1 atom stereocenters. The summed E-state index contributed by atoms with van der Waals surface area (Å²) in [5.41, 5.74) is 10.7. The third-order valence-corrected chi connectivity index (χ3v) is 7.99. The van der Waals surface area contributed by atoms with E-state index in [9.17, 15) is 4.79 Å². The number of hydrogen-bond acceptors (Lipinski definition) is 8. The smallest absolute Gasteiger partial charge is 0.247 e. The molecule has 4 N–H and O–H groups in total. The zero-order chi connectivity index (χ0) is 29.5. The van der Waals surface area contributed by atoms with Gasteiger partial charge < -0.3 is 35.6 Å². The van der Waals surface area contributed by atoms with Crippen LogP contribution in [0.3, 0.4) is 0 Å². The normalized spacial score (nSPS) is 17.3. The molecule has 5 rings (SSSR count). The molecular formula is C33H42N6O3. The molecule has 0 spiro atoms. The van der Waals surface area contributed by atoms with Gasteiger partial charge in [0.25, 0.3) is 0 Å². The summed E-state index contributed by atoms with van der Waals surface area (Å²) in [5.74, 6) is 2.20. The van der Waals surface area contributed by atoms with E-state index in [0.717, 1.165) is 86.7 Å². The van der Waals surface area contributed by atoms with Gasteiger partial charge in [-0.3, -0.25) is 4.79 Å². The maximum Gasteiger partial charge on any atom is 0.247 e. The van der Waals surface area contributed by atoms with E-state index in [2.05, 4.69) is 45.2 Å². The number of pyridine rings is 1. The first-order valence-corrected chi connectivity index (χ1v) is 14.9. The van der Waals surface area contributed by atoms with E-state index in [-0.39, 0.29) is 11.9 Å². The topological polar surface area (TPSA) is 105 Å². The highest BCUT2D eigenvalue weighted by molar-refractivity contribution is 5.99. The SMILES string of the molecule is C=CC(=O)Nc1cc(Oc2nc(Nc3ccc(N4CCCC(N)CC4)cc3OC)ccc2N2CCCCC2)ccc1C. The van der Waals surface area contributed by atoms with Crippen molar-refractivity contribution in [2.45, 2.75) is 51.5 Å². The predicted octanol–water partition coefficient (Wildman–Crippen LogP) is 6.37. The summed E-state index contributed by atoms with van der Waals surface area (Å²) >= 11 is 0. The molecule has 0 bridgehead atoms. The van der Waals surface area contributed by atoms with Gasteiger partial charge in [0.1, 0.15) is 23.0 Å². The average molecular weight is 571 g/mol. The van der Waals surface area contributed by atoms with Gasteiger partial charge in [-0.2, -0.15) is 4.98 Å². The van der Waals surface area contributed by atoms with Crippen LogP contribution in [0, 0.1) is 6.92 Å². The molecule has 0 saturated carbocycles. The zero-order valence-electron chi connectivity index (χ0n) is 24.7. The monoisotopic (exact) mass is 570 g/mol. The van der Waals surface area contributed by atoms with Crippen LogP contribution in [0.4, 0.5) is 28.6 Å². The summed E-state index contributed by atoms with van der Waals surface area (Å²) in [5, 5.41) is 6.29. The van der Waals surface area contributed by atoms with Crippen LogP contribution in [-0.4, -0.2) is 50.2 Å². The summed E-state index contributed by atoms with van der Waals surface area (Å²) in [6.07, 6.45) is 7.88. The van der Waals surface area contributed by atoms with Crippen LogP contribution in [0.25, 0.3) is 0 Å². The van der Waals surface area contributed by atoms with Crippen LogP contribution in [0.2, 0.25) is 0 Å². The van der Waals surface area contributed by atoms with E-state index in [1.807, 2.05) is 37.3 Å². The molecule has 9 heteroatoms. The molecule has 2 fully saturated rings. The molecule has 2 aromatic carbocycles. The van der Waals surface area contributed by atoms with Gasteiger partial charge in [0.05, 0.1) is 12.8 Å². The third kappa shape index (κ3) is 7.15. The number of methoxy groups -OCH3 is 1. The van der Waals surface area contributed by atoms with Crippen LogP contribution in [-0.2, 0) is 4.79 Å². The minimum absolute atomic E-state index is 0.269. The zero-order valence-corrected chi connectivity index (χ0v) is 24.7. The number of rotatable bonds is 9. The van der Waals surface area contributed by atoms with E-state index in [1.165, 1.54) is 12.5 Å². The van der Waals surface area contributed by atoms with Gasteiger partial charge in [-0.05, 0) is 87.4 Å². The Morgan fingerprint density at radius 1 is 0.976 bits per heavy atom. The second-order valence-electron chi connectivity index (χ2n) is 11.0. The van der Waals surface area contributed by atoms with Crippen molar-refractivity contribution in [2.75, 3.05) is 53.7 Å². The maximum atomic E-state index is 12.0. The van der Waals surface area contributed by atoms with Gasteiger partial charge in [-0.15, -0.1) is 0 Å². The Morgan fingerprint density at radius 2 is 1.79 bits per heavy atom. The van der Waals surface area contributed by atoms with Crippen molar-refractivity contribution in [3.05, 3.63) is 66.7 Å². The lowest BCUT2D eigenvalue weighted by Gasteiger charge is -2.30. The van der Waals surface area contributed by atoms with Gasteiger partial charge in [0.15, 0.2) is 0 Å². The van der Waals surface area contributed by atoms with E-state index in [0.29, 0.717) is 23.1 Å². The number of nitrogens with zero attached hydrogens (tertiary/aromatic N) is 3. The third-order valence-electron chi connectivity index (χ3n) is 7.99. The molecule has 42 heavy (non-hydrogen) atoms. The molecule has 222 valence electrons. The number of ether oxygens (including phenoxy) is 2. The summed E-state index contributed by atoms with van der Waals surface area (Å²) in [7, 11) is 1.68. The highest BCUT2D eigenvalue weighted by atomic mass is 16.5. The largest absolute Gasteiger partial charge is 0.494 e. The molecule has 1 unspecified atom stereocenters. The number of carbonyl (C=O) groups excluding carboxylic acids is 1. The number of hydrogen-bond donors (Lipinski definition) is 3.